The molecule has 0 aliphatic carbocycles. The summed E-state index contributed by atoms with van der Waals surface area (Å²) in [7, 11) is 0. The summed E-state index contributed by atoms with van der Waals surface area (Å²) in [5.41, 5.74) is 2.13. The zero-order valence-electron chi connectivity index (χ0n) is 10.7. The highest BCUT2D eigenvalue weighted by Gasteiger charge is 2.18. The smallest absolute Gasteiger partial charge is 0.0802 e. The van der Waals surface area contributed by atoms with Crippen molar-refractivity contribution in [3.63, 3.8) is 0 Å². The van der Waals surface area contributed by atoms with Crippen molar-refractivity contribution in [2.45, 2.75) is 32.9 Å². The maximum absolute atomic E-state index is 4.08. The summed E-state index contributed by atoms with van der Waals surface area (Å²) in [6.07, 6.45) is 6.36. The molecule has 2 aromatic heterocycles. The molecule has 1 N–H and O–H groups in total. The van der Waals surface area contributed by atoms with Gasteiger partial charge in [0.25, 0.3) is 0 Å². The molecule has 0 radical (unpaired) electrons. The highest BCUT2D eigenvalue weighted by molar-refractivity contribution is 5.22. The Balaban J connectivity index is 2.31. The molecule has 0 fully saturated rings. The van der Waals surface area contributed by atoms with Crippen LogP contribution in [0.2, 0.25) is 0 Å². The van der Waals surface area contributed by atoms with Gasteiger partial charge >= 0.3 is 0 Å². The molecular weight excluding hydrogens is 228 g/mol. The lowest BCUT2D eigenvalue weighted by molar-refractivity contribution is 0.522. The SMILES string of the molecule is CCCNC(c1ccnnc1)c1cnnn1CC. The summed E-state index contributed by atoms with van der Waals surface area (Å²) >= 11 is 0. The van der Waals surface area contributed by atoms with Gasteiger partial charge in [-0.2, -0.15) is 10.2 Å². The molecule has 18 heavy (non-hydrogen) atoms. The van der Waals surface area contributed by atoms with Crippen molar-refractivity contribution in [2.75, 3.05) is 6.54 Å². The van der Waals surface area contributed by atoms with Crippen LogP contribution in [0.4, 0.5) is 0 Å². The van der Waals surface area contributed by atoms with Crippen molar-refractivity contribution in [3.05, 3.63) is 35.9 Å². The van der Waals surface area contributed by atoms with Crippen LogP contribution in [0.5, 0.6) is 0 Å². The minimum Gasteiger partial charge on any atom is -0.305 e. The predicted octanol–water partition coefficient (Wildman–Crippen LogP) is 1.18. The minimum absolute atomic E-state index is 0.0652. The van der Waals surface area contributed by atoms with Crippen molar-refractivity contribution in [1.82, 2.24) is 30.5 Å². The number of hydrogen-bond acceptors (Lipinski definition) is 5. The van der Waals surface area contributed by atoms with Crippen LogP contribution in [0.25, 0.3) is 0 Å². The van der Waals surface area contributed by atoms with E-state index in [4.69, 9.17) is 0 Å². The average molecular weight is 246 g/mol. The van der Waals surface area contributed by atoms with E-state index in [0.29, 0.717) is 0 Å². The van der Waals surface area contributed by atoms with E-state index >= 15 is 0 Å². The Morgan fingerprint density at radius 1 is 1.22 bits per heavy atom. The first kappa shape index (κ1) is 12.6. The van der Waals surface area contributed by atoms with Crippen molar-refractivity contribution in [2.24, 2.45) is 0 Å². The van der Waals surface area contributed by atoms with Crippen LogP contribution < -0.4 is 5.32 Å². The first-order chi connectivity index (χ1) is 8.86. The molecule has 1 atom stereocenters. The lowest BCUT2D eigenvalue weighted by Gasteiger charge is -2.18. The van der Waals surface area contributed by atoms with Gasteiger partial charge in [0.2, 0.25) is 0 Å². The van der Waals surface area contributed by atoms with Crippen molar-refractivity contribution in [1.29, 1.82) is 0 Å². The quantitative estimate of drug-likeness (QED) is 0.828. The highest BCUT2D eigenvalue weighted by Crippen LogP contribution is 2.19. The Labute approximate surface area is 106 Å². The molecule has 6 heteroatoms. The Bertz CT molecular complexity index is 466. The van der Waals surface area contributed by atoms with E-state index in [0.717, 1.165) is 30.8 Å². The minimum atomic E-state index is 0.0652. The van der Waals surface area contributed by atoms with E-state index in [9.17, 15) is 0 Å². The zero-order chi connectivity index (χ0) is 12.8. The molecule has 0 spiro atoms. The summed E-state index contributed by atoms with van der Waals surface area (Å²) in [6, 6.07) is 2.03. The van der Waals surface area contributed by atoms with Crippen LogP contribution in [0, 0.1) is 0 Å². The number of aromatic nitrogens is 5. The Kier molecular flexibility index (Phi) is 4.35. The van der Waals surface area contributed by atoms with Gasteiger partial charge in [-0.1, -0.05) is 12.1 Å². The molecule has 96 valence electrons. The van der Waals surface area contributed by atoms with Gasteiger partial charge in [0, 0.05) is 12.7 Å². The van der Waals surface area contributed by atoms with Gasteiger partial charge < -0.3 is 5.32 Å². The maximum atomic E-state index is 4.08. The second kappa shape index (κ2) is 6.20. The maximum Gasteiger partial charge on any atom is 0.0802 e. The number of rotatable bonds is 6. The van der Waals surface area contributed by atoms with Gasteiger partial charge in [0.1, 0.15) is 0 Å². The zero-order valence-corrected chi connectivity index (χ0v) is 10.7. The third kappa shape index (κ3) is 2.70. The van der Waals surface area contributed by atoms with E-state index in [1.807, 2.05) is 10.7 Å². The van der Waals surface area contributed by atoms with Crippen LogP contribution in [0.1, 0.15) is 37.6 Å². The molecular formula is C12H18N6. The Morgan fingerprint density at radius 3 is 2.78 bits per heavy atom. The fourth-order valence-corrected chi connectivity index (χ4v) is 1.89. The van der Waals surface area contributed by atoms with Crippen LogP contribution in [0.3, 0.4) is 0 Å². The molecule has 0 saturated heterocycles. The third-order valence-corrected chi connectivity index (χ3v) is 2.78. The van der Waals surface area contributed by atoms with E-state index in [-0.39, 0.29) is 6.04 Å². The molecule has 0 bridgehead atoms. The summed E-state index contributed by atoms with van der Waals surface area (Å²) < 4.78 is 1.90. The molecule has 2 heterocycles. The van der Waals surface area contributed by atoms with Gasteiger partial charge in [0.15, 0.2) is 0 Å². The number of nitrogens with one attached hydrogen (secondary N) is 1. The average Bonchev–Trinajstić information content (AvgIpc) is 2.89. The molecule has 0 saturated carbocycles. The van der Waals surface area contributed by atoms with E-state index in [1.54, 1.807) is 18.6 Å². The number of hydrogen-bond donors (Lipinski definition) is 1. The topological polar surface area (TPSA) is 68.5 Å². The lowest BCUT2D eigenvalue weighted by atomic mass is 10.1. The monoisotopic (exact) mass is 246 g/mol. The van der Waals surface area contributed by atoms with Crippen LogP contribution >= 0.6 is 0 Å². The normalized spacial score (nSPS) is 12.6. The number of nitrogens with zero attached hydrogens (tertiary/aromatic N) is 5. The molecule has 0 amide bonds. The van der Waals surface area contributed by atoms with Crippen molar-refractivity contribution in [3.8, 4) is 0 Å². The highest BCUT2D eigenvalue weighted by atomic mass is 15.4. The standard InChI is InChI=1S/C12H18N6/c1-3-6-13-12(10-5-7-14-15-8-10)11-9-16-17-18(11)4-2/h5,7-9,12-13H,3-4,6H2,1-2H3. The second-order valence-electron chi connectivity index (χ2n) is 4.04. The van der Waals surface area contributed by atoms with Crippen molar-refractivity contribution < 1.29 is 0 Å². The second-order valence-corrected chi connectivity index (χ2v) is 4.04. The Hall–Kier alpha value is -1.82. The van der Waals surface area contributed by atoms with Crippen molar-refractivity contribution >= 4 is 0 Å². The predicted molar refractivity (Wildman–Crippen MR) is 67.9 cm³/mol. The van der Waals surface area contributed by atoms with E-state index in [1.165, 1.54) is 0 Å². The van der Waals surface area contributed by atoms with Gasteiger partial charge in [-0.15, -0.1) is 5.10 Å². The summed E-state index contributed by atoms with van der Waals surface area (Å²) in [5.74, 6) is 0. The van der Waals surface area contributed by atoms with Gasteiger partial charge in [0.05, 0.1) is 24.1 Å². The molecule has 2 aromatic rings. The number of aryl methyl sites for hydroxylation is 1. The molecule has 0 aromatic carbocycles. The van der Waals surface area contributed by atoms with E-state index in [2.05, 4.69) is 39.7 Å². The van der Waals surface area contributed by atoms with E-state index < -0.39 is 0 Å². The van der Waals surface area contributed by atoms with Crippen LogP contribution in [-0.2, 0) is 6.54 Å². The summed E-state index contributed by atoms with van der Waals surface area (Å²) in [6.45, 7) is 5.93. The largest absolute Gasteiger partial charge is 0.305 e. The molecule has 6 nitrogen and oxygen atoms in total. The first-order valence-corrected chi connectivity index (χ1v) is 6.25. The van der Waals surface area contributed by atoms with Crippen LogP contribution in [0.15, 0.2) is 24.7 Å². The van der Waals surface area contributed by atoms with Crippen LogP contribution in [-0.4, -0.2) is 31.7 Å². The Morgan fingerprint density at radius 2 is 2.11 bits per heavy atom. The van der Waals surface area contributed by atoms with Gasteiger partial charge in [-0.3, -0.25) is 0 Å². The summed E-state index contributed by atoms with van der Waals surface area (Å²) in [4.78, 5) is 0. The fraction of sp³-hybridized carbons (Fsp3) is 0.500. The first-order valence-electron chi connectivity index (χ1n) is 6.25. The summed E-state index contributed by atoms with van der Waals surface area (Å²) in [5, 5.41) is 19.3. The lowest BCUT2D eigenvalue weighted by Crippen LogP contribution is -2.26. The van der Waals surface area contributed by atoms with Gasteiger partial charge in [-0.25, -0.2) is 4.68 Å². The molecule has 0 aliphatic heterocycles. The molecule has 2 rings (SSSR count). The molecule has 0 aliphatic rings. The molecule has 1 unspecified atom stereocenters. The van der Waals surface area contributed by atoms with Gasteiger partial charge in [-0.05, 0) is 31.5 Å². The third-order valence-electron chi connectivity index (χ3n) is 2.78. The fourth-order valence-electron chi connectivity index (χ4n) is 1.89.